The van der Waals surface area contributed by atoms with Crippen molar-refractivity contribution < 1.29 is 34.4 Å². The summed E-state index contributed by atoms with van der Waals surface area (Å²) in [5.41, 5.74) is -0.132. The first-order valence-corrected chi connectivity index (χ1v) is 15.6. The number of aryl methyl sites for hydroxylation is 1. The van der Waals surface area contributed by atoms with E-state index in [1.165, 1.54) is 0 Å². The highest BCUT2D eigenvalue weighted by molar-refractivity contribution is 7.88. The maximum atomic E-state index is 11.9. The van der Waals surface area contributed by atoms with Gasteiger partial charge in [0, 0.05) is 45.6 Å². The van der Waals surface area contributed by atoms with Crippen LogP contribution in [0.25, 0.3) is 0 Å². The molecule has 200 valence electrons. The van der Waals surface area contributed by atoms with Gasteiger partial charge >= 0.3 is 0 Å². The number of rotatable bonds is 10. The van der Waals surface area contributed by atoms with E-state index in [1.807, 2.05) is 11.9 Å². The summed E-state index contributed by atoms with van der Waals surface area (Å²) >= 11 is 0. The first-order valence-electron chi connectivity index (χ1n) is 10.8. The number of hydrogen-bond acceptors (Lipinski definition) is 11. The Hall–Kier alpha value is -2.28. The molecule has 3 N–H and O–H groups in total. The van der Waals surface area contributed by atoms with Gasteiger partial charge in [0.05, 0.1) is 16.0 Å². The number of sulfonamides is 1. The second-order valence-electron chi connectivity index (χ2n) is 8.42. The second kappa shape index (κ2) is 11.0. The zero-order valence-electron chi connectivity index (χ0n) is 19.7. The number of likely N-dealkylation sites (N-methyl/N-ethyl adjacent to an activating group) is 1. The molecule has 0 saturated carbocycles. The first-order chi connectivity index (χ1) is 16.6. The van der Waals surface area contributed by atoms with Gasteiger partial charge in [-0.05, 0) is 37.2 Å². The van der Waals surface area contributed by atoms with Gasteiger partial charge in [0.25, 0.3) is 20.2 Å². The van der Waals surface area contributed by atoms with Crippen LogP contribution >= 0.6 is 0 Å². The Kier molecular flexibility index (Phi) is 8.64. The third-order valence-corrected chi connectivity index (χ3v) is 7.93. The van der Waals surface area contributed by atoms with E-state index in [2.05, 4.69) is 24.6 Å². The van der Waals surface area contributed by atoms with Gasteiger partial charge in [-0.25, -0.2) is 18.1 Å². The fourth-order valence-electron chi connectivity index (χ4n) is 3.57. The van der Waals surface area contributed by atoms with E-state index in [0.29, 0.717) is 31.3 Å². The summed E-state index contributed by atoms with van der Waals surface area (Å²) in [5, 5.41) is 0. The minimum absolute atomic E-state index is 0.113. The number of anilines is 1. The van der Waals surface area contributed by atoms with Gasteiger partial charge in [-0.15, -0.1) is 0 Å². The summed E-state index contributed by atoms with van der Waals surface area (Å²) in [6, 6.07) is 2.69. The third kappa shape index (κ3) is 8.12. The zero-order chi connectivity index (χ0) is 26.7. The van der Waals surface area contributed by atoms with E-state index in [1.54, 1.807) is 0 Å². The molecule has 2 heterocycles. The van der Waals surface area contributed by atoms with E-state index >= 15 is 0 Å². The van der Waals surface area contributed by atoms with E-state index < -0.39 is 40.1 Å². The van der Waals surface area contributed by atoms with Gasteiger partial charge in [0.1, 0.15) is 11.6 Å². The Morgan fingerprint density at radius 3 is 2.14 bits per heavy atom. The average Bonchev–Trinajstić information content (AvgIpc) is 2.75. The van der Waals surface area contributed by atoms with Crippen molar-refractivity contribution in [3.8, 4) is 0 Å². The molecule has 1 fully saturated rings. The van der Waals surface area contributed by atoms with E-state index in [0.717, 1.165) is 37.5 Å². The van der Waals surface area contributed by atoms with Crippen molar-refractivity contribution in [3.05, 3.63) is 35.4 Å². The SMILES string of the molecule is CN1CCN(c2nc(CCCNS(C)(=O)=O)nc(Cc3cc(S(=O)(=O)O)ccc3S(=O)(=O)O)n2)CC1. The molecule has 0 radical (unpaired) electrons. The van der Waals surface area contributed by atoms with E-state index in [-0.39, 0.29) is 30.8 Å². The van der Waals surface area contributed by atoms with Crippen molar-refractivity contribution in [1.29, 1.82) is 0 Å². The molecular formula is C19H28N6O8S3. The molecule has 1 aliphatic rings. The number of piperazine rings is 1. The molecule has 14 nitrogen and oxygen atoms in total. The molecular weight excluding hydrogens is 536 g/mol. The van der Waals surface area contributed by atoms with Crippen molar-refractivity contribution in [2.45, 2.75) is 29.1 Å². The van der Waals surface area contributed by atoms with Gasteiger partial charge in [-0.3, -0.25) is 9.11 Å². The van der Waals surface area contributed by atoms with Gasteiger partial charge in [0.2, 0.25) is 16.0 Å². The lowest BCUT2D eigenvalue weighted by Gasteiger charge is -2.32. The molecule has 1 saturated heterocycles. The van der Waals surface area contributed by atoms with Gasteiger partial charge in [0.15, 0.2) is 0 Å². The Balaban J connectivity index is 1.98. The highest BCUT2D eigenvalue weighted by Crippen LogP contribution is 2.23. The molecule has 1 aromatic heterocycles. The lowest BCUT2D eigenvalue weighted by atomic mass is 10.1. The van der Waals surface area contributed by atoms with Crippen LogP contribution < -0.4 is 9.62 Å². The van der Waals surface area contributed by atoms with Crippen LogP contribution in [0.3, 0.4) is 0 Å². The molecule has 3 rings (SSSR count). The van der Waals surface area contributed by atoms with Crippen molar-refractivity contribution in [2.75, 3.05) is 50.9 Å². The van der Waals surface area contributed by atoms with Crippen LogP contribution in [-0.2, 0) is 43.1 Å². The molecule has 0 unspecified atom stereocenters. The van der Waals surface area contributed by atoms with Crippen LogP contribution in [0.15, 0.2) is 28.0 Å². The predicted molar refractivity (Wildman–Crippen MR) is 130 cm³/mol. The topological polar surface area (TPSA) is 200 Å². The molecule has 0 spiro atoms. The molecule has 36 heavy (non-hydrogen) atoms. The highest BCUT2D eigenvalue weighted by atomic mass is 32.2. The van der Waals surface area contributed by atoms with Gasteiger partial charge in [-0.2, -0.15) is 26.8 Å². The van der Waals surface area contributed by atoms with Crippen LogP contribution in [0, 0.1) is 0 Å². The summed E-state index contributed by atoms with van der Waals surface area (Å²) in [6.07, 6.45) is 1.44. The van der Waals surface area contributed by atoms with E-state index in [9.17, 15) is 34.4 Å². The largest absolute Gasteiger partial charge is 0.338 e. The zero-order valence-corrected chi connectivity index (χ0v) is 22.1. The first kappa shape index (κ1) is 28.3. The van der Waals surface area contributed by atoms with Crippen molar-refractivity contribution in [1.82, 2.24) is 24.6 Å². The average molecular weight is 565 g/mol. The maximum Gasteiger partial charge on any atom is 0.294 e. The summed E-state index contributed by atoms with van der Waals surface area (Å²) in [6.45, 7) is 2.94. The van der Waals surface area contributed by atoms with Crippen molar-refractivity contribution >= 4 is 36.2 Å². The number of benzene rings is 1. The fourth-order valence-corrected chi connectivity index (χ4v) is 5.32. The Morgan fingerprint density at radius 2 is 1.56 bits per heavy atom. The van der Waals surface area contributed by atoms with Gasteiger partial charge < -0.3 is 9.80 Å². The number of nitrogens with zero attached hydrogens (tertiary/aromatic N) is 5. The molecule has 0 amide bonds. The van der Waals surface area contributed by atoms with Crippen LogP contribution in [0.1, 0.15) is 23.6 Å². The summed E-state index contributed by atoms with van der Waals surface area (Å²) in [4.78, 5) is 16.3. The smallest absolute Gasteiger partial charge is 0.294 e. The number of nitrogens with one attached hydrogen (secondary N) is 1. The quantitative estimate of drug-likeness (QED) is 0.239. The Morgan fingerprint density at radius 1 is 0.917 bits per heavy atom. The molecule has 0 bridgehead atoms. The molecule has 2 aromatic rings. The van der Waals surface area contributed by atoms with E-state index in [4.69, 9.17) is 0 Å². The molecule has 17 heteroatoms. The number of aromatic nitrogens is 3. The molecule has 1 aromatic carbocycles. The summed E-state index contributed by atoms with van der Waals surface area (Å²) in [5.74, 6) is 0.796. The van der Waals surface area contributed by atoms with Gasteiger partial charge in [-0.1, -0.05) is 0 Å². The standard InChI is InChI=1S/C19H28N6O8S3/c1-24-8-10-25(11-9-24)19-22-17(4-3-7-20-34(2,26)27)21-18(23-19)13-14-12-15(35(28,29)30)5-6-16(14)36(31,32)33/h5-6,12,20H,3-4,7-11,13H2,1-2H3,(H,28,29,30)(H,31,32,33). The maximum absolute atomic E-state index is 11.9. The summed E-state index contributed by atoms with van der Waals surface area (Å²) < 4.78 is 91.0. The normalized spacial score (nSPS) is 15.8. The Labute approximate surface area is 210 Å². The third-order valence-electron chi connectivity index (χ3n) is 5.40. The molecule has 0 atom stereocenters. The molecule has 1 aliphatic heterocycles. The Bertz CT molecular complexity index is 1420. The fraction of sp³-hybridized carbons (Fsp3) is 0.526. The minimum atomic E-state index is -4.72. The van der Waals surface area contributed by atoms with Crippen LogP contribution in [0.5, 0.6) is 0 Å². The lowest BCUT2D eigenvalue weighted by molar-refractivity contribution is 0.311. The number of hydrogen-bond donors (Lipinski definition) is 3. The van der Waals surface area contributed by atoms with Crippen LogP contribution in [0.2, 0.25) is 0 Å². The highest BCUT2D eigenvalue weighted by Gasteiger charge is 2.23. The van der Waals surface area contributed by atoms with Crippen LogP contribution in [0.4, 0.5) is 5.95 Å². The van der Waals surface area contributed by atoms with Crippen molar-refractivity contribution in [3.63, 3.8) is 0 Å². The minimum Gasteiger partial charge on any atom is -0.338 e. The summed E-state index contributed by atoms with van der Waals surface area (Å²) in [7, 11) is -10.7. The van der Waals surface area contributed by atoms with Crippen LogP contribution in [-0.4, -0.2) is 100 Å². The second-order valence-corrected chi connectivity index (χ2v) is 13.1. The lowest BCUT2D eigenvalue weighted by Crippen LogP contribution is -2.45. The monoisotopic (exact) mass is 564 g/mol. The predicted octanol–water partition coefficient (Wildman–Crippen LogP) is -0.811. The molecule has 0 aliphatic carbocycles. The van der Waals surface area contributed by atoms with Crippen molar-refractivity contribution in [2.24, 2.45) is 0 Å².